The number of nitrogens with two attached hydrogens (primary N) is 1. The van der Waals surface area contributed by atoms with E-state index in [-0.39, 0.29) is 16.6 Å². The van der Waals surface area contributed by atoms with Crippen molar-refractivity contribution in [3.05, 3.63) is 12.4 Å². The molecule has 0 aromatic carbocycles. The van der Waals surface area contributed by atoms with Crippen LogP contribution in [0.1, 0.15) is 13.8 Å². The number of rotatable bonds is 5. The molecule has 0 radical (unpaired) electrons. The molecule has 0 bridgehead atoms. The smallest absolute Gasteiger partial charge is 0.244 e. The van der Waals surface area contributed by atoms with Crippen molar-refractivity contribution >= 4 is 15.9 Å². The minimum Gasteiger partial charge on any atom is -0.386 e. The number of aryl methyl sites for hydroxylation is 1. The molecule has 17 heavy (non-hydrogen) atoms. The van der Waals surface area contributed by atoms with E-state index < -0.39 is 16.1 Å². The molecular formula is C9H17N5O2S. The minimum absolute atomic E-state index is 0.0619. The van der Waals surface area contributed by atoms with E-state index in [4.69, 9.17) is 11.1 Å². The van der Waals surface area contributed by atoms with Crippen molar-refractivity contribution in [2.24, 2.45) is 18.7 Å². The summed E-state index contributed by atoms with van der Waals surface area (Å²) in [5.41, 5.74) is 5.36. The second kappa shape index (κ2) is 4.84. The number of nitrogens with zero attached hydrogens (tertiary/aromatic N) is 2. The summed E-state index contributed by atoms with van der Waals surface area (Å²) in [6.45, 7) is 3.58. The Morgan fingerprint density at radius 3 is 2.53 bits per heavy atom. The van der Waals surface area contributed by atoms with Gasteiger partial charge in [0.05, 0.1) is 12.2 Å². The quantitative estimate of drug-likeness (QED) is 0.495. The van der Waals surface area contributed by atoms with Gasteiger partial charge in [0.1, 0.15) is 10.7 Å². The fraction of sp³-hybridized carbons (Fsp3) is 0.556. The monoisotopic (exact) mass is 259 g/mol. The summed E-state index contributed by atoms with van der Waals surface area (Å²) in [5.74, 6) is -0.300. The predicted octanol–water partition coefficient (Wildman–Crippen LogP) is -0.341. The van der Waals surface area contributed by atoms with Crippen molar-refractivity contribution < 1.29 is 8.42 Å². The van der Waals surface area contributed by atoms with E-state index in [1.807, 2.05) is 0 Å². The zero-order valence-electron chi connectivity index (χ0n) is 10.0. The van der Waals surface area contributed by atoms with Crippen LogP contribution in [-0.2, 0) is 17.1 Å². The van der Waals surface area contributed by atoms with E-state index in [1.54, 1.807) is 20.9 Å². The Labute approximate surface area is 101 Å². The summed E-state index contributed by atoms with van der Waals surface area (Å²) in [6, 6.07) is -0.708. The molecule has 1 aromatic rings. The normalized spacial score (nSPS) is 13.9. The van der Waals surface area contributed by atoms with Crippen LogP contribution in [0.4, 0.5) is 0 Å². The maximum atomic E-state index is 11.9. The summed E-state index contributed by atoms with van der Waals surface area (Å²) in [7, 11) is -2.05. The number of hydrogen-bond donors (Lipinski definition) is 3. The van der Waals surface area contributed by atoms with Gasteiger partial charge in [-0.05, 0) is 5.92 Å². The van der Waals surface area contributed by atoms with Crippen LogP contribution in [-0.4, -0.2) is 30.1 Å². The van der Waals surface area contributed by atoms with Crippen molar-refractivity contribution in [3.8, 4) is 0 Å². The van der Waals surface area contributed by atoms with Crippen LogP contribution in [0.3, 0.4) is 0 Å². The highest BCUT2D eigenvalue weighted by Crippen LogP contribution is 2.10. The van der Waals surface area contributed by atoms with Crippen molar-refractivity contribution in [2.75, 3.05) is 0 Å². The first-order valence-corrected chi connectivity index (χ1v) is 6.57. The van der Waals surface area contributed by atoms with Crippen LogP contribution in [0.15, 0.2) is 17.3 Å². The molecular weight excluding hydrogens is 242 g/mol. The molecule has 0 saturated heterocycles. The number of amidine groups is 1. The molecule has 0 aliphatic carbocycles. The lowest BCUT2D eigenvalue weighted by molar-refractivity contribution is 0.522. The Morgan fingerprint density at radius 2 is 2.18 bits per heavy atom. The number of sulfonamides is 1. The van der Waals surface area contributed by atoms with Crippen LogP contribution < -0.4 is 10.5 Å². The van der Waals surface area contributed by atoms with Gasteiger partial charge in [-0.15, -0.1) is 0 Å². The van der Waals surface area contributed by atoms with E-state index >= 15 is 0 Å². The van der Waals surface area contributed by atoms with Gasteiger partial charge in [-0.2, -0.15) is 5.10 Å². The first-order valence-electron chi connectivity index (χ1n) is 5.09. The number of hydrogen-bond acceptors (Lipinski definition) is 4. The summed E-state index contributed by atoms with van der Waals surface area (Å²) in [4.78, 5) is 0.0619. The lowest BCUT2D eigenvalue weighted by atomic mass is 10.1. The topological polar surface area (TPSA) is 114 Å². The highest BCUT2D eigenvalue weighted by molar-refractivity contribution is 7.89. The van der Waals surface area contributed by atoms with Gasteiger partial charge in [0.2, 0.25) is 10.0 Å². The van der Waals surface area contributed by atoms with Gasteiger partial charge in [0.25, 0.3) is 0 Å². The maximum absolute atomic E-state index is 11.9. The largest absolute Gasteiger partial charge is 0.386 e. The van der Waals surface area contributed by atoms with Crippen molar-refractivity contribution in [1.82, 2.24) is 14.5 Å². The predicted molar refractivity (Wildman–Crippen MR) is 64.1 cm³/mol. The summed E-state index contributed by atoms with van der Waals surface area (Å²) >= 11 is 0. The average molecular weight is 259 g/mol. The van der Waals surface area contributed by atoms with Crippen molar-refractivity contribution in [3.63, 3.8) is 0 Å². The number of aromatic nitrogens is 2. The maximum Gasteiger partial charge on any atom is 0.244 e. The molecule has 0 spiro atoms. The number of nitrogens with one attached hydrogen (secondary N) is 2. The van der Waals surface area contributed by atoms with Gasteiger partial charge in [0.15, 0.2) is 0 Å². The molecule has 1 heterocycles. The van der Waals surface area contributed by atoms with E-state index in [1.165, 1.54) is 17.1 Å². The zero-order valence-corrected chi connectivity index (χ0v) is 10.8. The fourth-order valence-electron chi connectivity index (χ4n) is 1.33. The van der Waals surface area contributed by atoms with Crippen molar-refractivity contribution in [2.45, 2.75) is 24.8 Å². The molecule has 0 aliphatic heterocycles. The Bertz CT molecular complexity index is 505. The van der Waals surface area contributed by atoms with E-state index in [9.17, 15) is 8.42 Å². The highest BCUT2D eigenvalue weighted by atomic mass is 32.2. The third-order valence-corrected chi connectivity index (χ3v) is 3.67. The van der Waals surface area contributed by atoms with Gasteiger partial charge in [-0.1, -0.05) is 13.8 Å². The summed E-state index contributed by atoms with van der Waals surface area (Å²) in [5, 5.41) is 11.2. The zero-order chi connectivity index (χ0) is 13.2. The first kappa shape index (κ1) is 13.7. The second-order valence-electron chi connectivity index (χ2n) is 4.15. The van der Waals surface area contributed by atoms with Crippen LogP contribution >= 0.6 is 0 Å². The van der Waals surface area contributed by atoms with Gasteiger partial charge in [-0.3, -0.25) is 10.1 Å². The Hall–Kier alpha value is -1.41. The molecule has 1 aromatic heterocycles. The molecule has 96 valence electrons. The van der Waals surface area contributed by atoms with Crippen LogP contribution in [0.2, 0.25) is 0 Å². The summed E-state index contributed by atoms with van der Waals surface area (Å²) in [6.07, 6.45) is 2.64. The Balaban J connectivity index is 2.97. The molecule has 7 nitrogen and oxygen atoms in total. The SMILES string of the molecule is CC(C)C(NS(=O)(=O)c1cnn(C)c1)C(=N)N. The molecule has 4 N–H and O–H groups in total. The molecule has 0 aliphatic rings. The minimum atomic E-state index is -3.68. The lowest BCUT2D eigenvalue weighted by Crippen LogP contribution is -2.47. The molecule has 0 amide bonds. The standard InChI is InChI=1S/C9H17N5O2S/c1-6(2)8(9(10)11)13-17(15,16)7-4-12-14(3)5-7/h4-6,8,13H,1-3H3,(H3,10,11). The third-order valence-electron chi connectivity index (χ3n) is 2.28. The molecule has 1 atom stereocenters. The van der Waals surface area contributed by atoms with Gasteiger partial charge in [-0.25, -0.2) is 13.1 Å². The first-order chi connectivity index (χ1) is 7.74. The molecule has 8 heteroatoms. The van der Waals surface area contributed by atoms with Crippen LogP contribution in [0.5, 0.6) is 0 Å². The van der Waals surface area contributed by atoms with Crippen LogP contribution in [0, 0.1) is 11.3 Å². The van der Waals surface area contributed by atoms with Crippen molar-refractivity contribution in [1.29, 1.82) is 5.41 Å². The third kappa shape index (κ3) is 3.27. The van der Waals surface area contributed by atoms with E-state index in [0.29, 0.717) is 0 Å². The highest BCUT2D eigenvalue weighted by Gasteiger charge is 2.25. The molecule has 1 unspecified atom stereocenters. The Kier molecular flexibility index (Phi) is 3.89. The van der Waals surface area contributed by atoms with Gasteiger partial charge >= 0.3 is 0 Å². The molecule has 0 saturated carbocycles. The Morgan fingerprint density at radius 1 is 1.59 bits per heavy atom. The molecule has 0 fully saturated rings. The van der Waals surface area contributed by atoms with E-state index in [2.05, 4.69) is 9.82 Å². The van der Waals surface area contributed by atoms with Crippen LogP contribution in [0.25, 0.3) is 0 Å². The average Bonchev–Trinajstić information content (AvgIpc) is 2.61. The fourth-order valence-corrected chi connectivity index (χ4v) is 2.68. The second-order valence-corrected chi connectivity index (χ2v) is 5.86. The summed E-state index contributed by atoms with van der Waals surface area (Å²) < 4.78 is 27.7. The molecule has 1 rings (SSSR count). The van der Waals surface area contributed by atoms with Gasteiger partial charge < -0.3 is 5.73 Å². The lowest BCUT2D eigenvalue weighted by Gasteiger charge is -2.20. The van der Waals surface area contributed by atoms with E-state index in [0.717, 1.165) is 0 Å². The van der Waals surface area contributed by atoms with Gasteiger partial charge in [0, 0.05) is 13.2 Å².